The van der Waals surface area contributed by atoms with Crippen LogP contribution in [0.4, 0.5) is 0 Å². The van der Waals surface area contributed by atoms with Gasteiger partial charge in [-0.05, 0) is 43.5 Å². The first-order valence-electron chi connectivity index (χ1n) is 9.60. The Kier molecular flexibility index (Phi) is 6.46. The van der Waals surface area contributed by atoms with E-state index >= 15 is 0 Å². The van der Waals surface area contributed by atoms with Gasteiger partial charge in [-0.15, -0.1) is 0 Å². The zero-order chi connectivity index (χ0) is 21.7. The van der Waals surface area contributed by atoms with Gasteiger partial charge in [-0.2, -0.15) is 0 Å². The number of carbonyl (C=O) groups excluding carboxylic acids is 4. The molecule has 0 bridgehead atoms. The van der Waals surface area contributed by atoms with E-state index in [4.69, 9.17) is 4.74 Å². The average Bonchev–Trinajstić information content (AvgIpc) is 2.97. The summed E-state index contributed by atoms with van der Waals surface area (Å²) in [6.07, 6.45) is 0.331. The predicted octanol–water partition coefficient (Wildman–Crippen LogP) is 1.91. The Morgan fingerprint density at radius 1 is 0.867 bits per heavy atom. The monoisotopic (exact) mass is 409 g/mol. The molecule has 0 unspecified atom stereocenters. The zero-order valence-electron chi connectivity index (χ0n) is 16.9. The maximum absolute atomic E-state index is 12.3. The van der Waals surface area contributed by atoms with Crippen molar-refractivity contribution in [3.63, 3.8) is 0 Å². The van der Waals surface area contributed by atoms with Crippen molar-refractivity contribution in [3.8, 4) is 5.75 Å². The summed E-state index contributed by atoms with van der Waals surface area (Å²) in [6.45, 7) is 3.66. The zero-order valence-corrected chi connectivity index (χ0v) is 16.9. The quantitative estimate of drug-likeness (QED) is 0.537. The molecule has 2 aromatic rings. The number of aryl methyl sites for hydroxylation is 2. The highest BCUT2D eigenvalue weighted by Gasteiger charge is 2.34. The number of hydrazine groups is 1. The van der Waals surface area contributed by atoms with Gasteiger partial charge in [-0.25, -0.2) is 0 Å². The fourth-order valence-corrected chi connectivity index (χ4v) is 3.24. The van der Waals surface area contributed by atoms with Crippen molar-refractivity contribution in [2.45, 2.75) is 26.7 Å². The number of para-hydroxylation sites is 1. The molecule has 30 heavy (non-hydrogen) atoms. The number of hydrogen-bond acceptors (Lipinski definition) is 5. The Bertz CT molecular complexity index is 947. The highest BCUT2D eigenvalue weighted by Crippen LogP contribution is 2.23. The summed E-state index contributed by atoms with van der Waals surface area (Å²) in [5.74, 6) is -0.987. The molecular formula is C22H23N3O5. The van der Waals surface area contributed by atoms with Crippen LogP contribution in [0.25, 0.3) is 0 Å². The Labute approximate surface area is 174 Å². The second kappa shape index (κ2) is 9.21. The van der Waals surface area contributed by atoms with E-state index in [1.54, 1.807) is 24.3 Å². The second-order valence-electron chi connectivity index (χ2n) is 7.02. The molecule has 0 saturated heterocycles. The molecule has 4 amide bonds. The highest BCUT2D eigenvalue weighted by atomic mass is 16.5. The molecule has 1 aliphatic heterocycles. The number of ether oxygens (including phenoxy) is 1. The van der Waals surface area contributed by atoms with Crippen LogP contribution < -0.4 is 15.6 Å². The van der Waals surface area contributed by atoms with Crippen LogP contribution in [0.3, 0.4) is 0 Å². The summed E-state index contributed by atoms with van der Waals surface area (Å²) in [6, 6.07) is 12.3. The molecule has 0 aromatic heterocycles. The number of nitrogens with one attached hydrogen (secondary N) is 2. The number of amides is 4. The molecule has 1 aliphatic rings. The Morgan fingerprint density at radius 2 is 1.43 bits per heavy atom. The summed E-state index contributed by atoms with van der Waals surface area (Å²) >= 11 is 0. The first-order valence-corrected chi connectivity index (χ1v) is 9.60. The van der Waals surface area contributed by atoms with Crippen LogP contribution in [-0.4, -0.2) is 41.7 Å². The molecule has 0 fully saturated rings. The van der Waals surface area contributed by atoms with Crippen molar-refractivity contribution in [3.05, 3.63) is 64.7 Å². The molecule has 8 nitrogen and oxygen atoms in total. The minimum atomic E-state index is -0.494. The average molecular weight is 409 g/mol. The molecular weight excluding hydrogens is 386 g/mol. The first-order chi connectivity index (χ1) is 14.4. The molecule has 0 aliphatic carbocycles. The lowest BCUT2D eigenvalue weighted by atomic mass is 10.1. The summed E-state index contributed by atoms with van der Waals surface area (Å²) in [4.78, 5) is 49.5. The number of fused-ring (bicyclic) bond motifs is 1. The Balaban J connectivity index is 1.38. The van der Waals surface area contributed by atoms with Crippen molar-refractivity contribution in [2.24, 2.45) is 0 Å². The van der Waals surface area contributed by atoms with Gasteiger partial charge in [-0.1, -0.05) is 30.3 Å². The van der Waals surface area contributed by atoms with Gasteiger partial charge < -0.3 is 4.74 Å². The Morgan fingerprint density at radius 3 is 2.03 bits per heavy atom. The van der Waals surface area contributed by atoms with Crippen LogP contribution in [0.2, 0.25) is 0 Å². The van der Waals surface area contributed by atoms with Gasteiger partial charge in [0.05, 0.1) is 11.1 Å². The summed E-state index contributed by atoms with van der Waals surface area (Å²) in [7, 11) is 0. The Hall–Kier alpha value is -3.68. The van der Waals surface area contributed by atoms with Crippen LogP contribution >= 0.6 is 0 Å². The fraction of sp³-hybridized carbons (Fsp3) is 0.273. The van der Waals surface area contributed by atoms with Gasteiger partial charge in [0, 0.05) is 13.0 Å². The fourth-order valence-electron chi connectivity index (χ4n) is 3.24. The predicted molar refractivity (Wildman–Crippen MR) is 109 cm³/mol. The number of hydrogen-bond donors (Lipinski definition) is 2. The smallest absolute Gasteiger partial charge is 0.276 e. The lowest BCUT2D eigenvalue weighted by Gasteiger charge is -2.14. The van der Waals surface area contributed by atoms with E-state index in [9.17, 15) is 19.2 Å². The molecule has 2 aromatic carbocycles. The SMILES string of the molecule is Cc1cccc(C)c1OCC(=O)NNC(=O)CCCN1C(=O)c2ccccc2C1=O. The lowest BCUT2D eigenvalue weighted by Crippen LogP contribution is -2.44. The molecule has 2 N–H and O–H groups in total. The van der Waals surface area contributed by atoms with Crippen molar-refractivity contribution < 1.29 is 23.9 Å². The molecule has 1 heterocycles. The number of imide groups is 1. The van der Waals surface area contributed by atoms with E-state index in [0.29, 0.717) is 16.9 Å². The van der Waals surface area contributed by atoms with Gasteiger partial charge in [0.25, 0.3) is 17.7 Å². The molecule has 0 atom stereocenters. The minimum Gasteiger partial charge on any atom is -0.483 e. The maximum Gasteiger partial charge on any atom is 0.276 e. The third-order valence-corrected chi connectivity index (χ3v) is 4.76. The largest absolute Gasteiger partial charge is 0.483 e. The van der Waals surface area contributed by atoms with Crippen molar-refractivity contribution in [1.29, 1.82) is 0 Å². The van der Waals surface area contributed by atoms with E-state index in [1.807, 2.05) is 32.0 Å². The topological polar surface area (TPSA) is 105 Å². The number of nitrogens with zero attached hydrogens (tertiary/aromatic N) is 1. The number of carbonyl (C=O) groups is 4. The maximum atomic E-state index is 12.3. The van der Waals surface area contributed by atoms with E-state index in [0.717, 1.165) is 16.0 Å². The second-order valence-corrected chi connectivity index (χ2v) is 7.02. The molecule has 156 valence electrons. The molecule has 8 heteroatoms. The third kappa shape index (κ3) is 4.65. The van der Waals surface area contributed by atoms with E-state index < -0.39 is 11.8 Å². The number of rotatable bonds is 7. The van der Waals surface area contributed by atoms with Crippen LogP contribution in [0.15, 0.2) is 42.5 Å². The van der Waals surface area contributed by atoms with Crippen molar-refractivity contribution >= 4 is 23.6 Å². The van der Waals surface area contributed by atoms with Gasteiger partial charge in [-0.3, -0.25) is 34.9 Å². The summed E-state index contributed by atoms with van der Waals surface area (Å²) in [5, 5.41) is 0. The van der Waals surface area contributed by atoms with Crippen molar-refractivity contribution in [2.75, 3.05) is 13.2 Å². The van der Waals surface area contributed by atoms with Crippen LogP contribution in [-0.2, 0) is 9.59 Å². The standard InChI is InChI=1S/C22H23N3O5/c1-14-7-5-8-15(2)20(14)30-13-19(27)24-23-18(26)11-6-12-25-21(28)16-9-3-4-10-17(16)22(25)29/h3-5,7-10H,6,11-13H2,1-2H3,(H,23,26)(H,24,27). The first kappa shape index (κ1) is 21.0. The molecule has 0 saturated carbocycles. The van der Waals surface area contributed by atoms with E-state index in [-0.39, 0.29) is 37.8 Å². The summed E-state index contributed by atoms with van der Waals surface area (Å²) < 4.78 is 5.52. The van der Waals surface area contributed by atoms with Gasteiger partial charge in [0.2, 0.25) is 5.91 Å². The van der Waals surface area contributed by atoms with Crippen LogP contribution in [0.5, 0.6) is 5.75 Å². The third-order valence-electron chi connectivity index (χ3n) is 4.76. The number of benzene rings is 2. The minimum absolute atomic E-state index is 0.0471. The highest BCUT2D eigenvalue weighted by molar-refractivity contribution is 6.21. The molecule has 0 spiro atoms. The van der Waals surface area contributed by atoms with Gasteiger partial charge >= 0.3 is 0 Å². The van der Waals surface area contributed by atoms with Crippen LogP contribution in [0.1, 0.15) is 44.7 Å². The van der Waals surface area contributed by atoms with E-state index in [1.165, 1.54) is 0 Å². The van der Waals surface area contributed by atoms with Gasteiger partial charge in [0.15, 0.2) is 6.61 Å². The normalized spacial score (nSPS) is 12.5. The molecule has 0 radical (unpaired) electrons. The molecule has 3 rings (SSSR count). The van der Waals surface area contributed by atoms with Gasteiger partial charge in [0.1, 0.15) is 5.75 Å². The lowest BCUT2D eigenvalue weighted by molar-refractivity contribution is -0.130. The summed E-state index contributed by atoms with van der Waals surface area (Å²) in [5.41, 5.74) is 7.19. The van der Waals surface area contributed by atoms with Crippen LogP contribution in [0, 0.1) is 13.8 Å². The van der Waals surface area contributed by atoms with E-state index in [2.05, 4.69) is 10.9 Å². The van der Waals surface area contributed by atoms with Crippen molar-refractivity contribution in [1.82, 2.24) is 15.8 Å².